The van der Waals surface area contributed by atoms with Gasteiger partial charge in [-0.15, -0.1) is 0 Å². The van der Waals surface area contributed by atoms with Crippen LogP contribution in [0.25, 0.3) is 10.8 Å². The van der Waals surface area contributed by atoms with Crippen LogP contribution in [0.15, 0.2) is 59.1 Å². The summed E-state index contributed by atoms with van der Waals surface area (Å²) in [6.07, 6.45) is 0. The second kappa shape index (κ2) is 6.93. The fourth-order valence-electron chi connectivity index (χ4n) is 2.40. The Bertz CT molecular complexity index is 908. The number of fused-ring (bicyclic) bond motifs is 1. The summed E-state index contributed by atoms with van der Waals surface area (Å²) < 4.78 is 6.42. The lowest BCUT2D eigenvalue weighted by molar-refractivity contribution is -0.118. The molecule has 0 aliphatic rings. The Hall–Kier alpha value is -2.53. The number of rotatable bonds is 4. The van der Waals surface area contributed by atoms with E-state index in [2.05, 4.69) is 21.2 Å². The third-order valence-corrected chi connectivity index (χ3v) is 4.43. The zero-order chi connectivity index (χ0) is 17.1. The molecule has 122 valence electrons. The quantitative estimate of drug-likeness (QED) is 0.643. The Labute approximate surface area is 148 Å². The third kappa shape index (κ3) is 3.51. The largest absolute Gasteiger partial charge is 0.506 e. The van der Waals surface area contributed by atoms with Gasteiger partial charge in [-0.05, 0) is 57.4 Å². The molecule has 0 saturated heterocycles. The summed E-state index contributed by atoms with van der Waals surface area (Å²) in [5.74, 6) is 0.286. The number of phenolic OH excluding ortho intramolecular Hbond substituents is 1. The second-order valence-corrected chi connectivity index (χ2v) is 6.25. The van der Waals surface area contributed by atoms with Crippen LogP contribution >= 0.6 is 15.9 Å². The van der Waals surface area contributed by atoms with Crippen molar-refractivity contribution in [2.24, 2.45) is 0 Å². The summed E-state index contributed by atoms with van der Waals surface area (Å²) in [5.41, 5.74) is 1.32. The molecule has 3 aromatic carbocycles. The van der Waals surface area contributed by atoms with Gasteiger partial charge in [0.1, 0.15) is 11.5 Å². The normalized spacial score (nSPS) is 10.6. The Morgan fingerprint density at radius 3 is 2.79 bits per heavy atom. The topological polar surface area (TPSA) is 58.6 Å². The molecule has 0 bridgehead atoms. The van der Waals surface area contributed by atoms with Crippen LogP contribution in [-0.2, 0) is 4.79 Å². The van der Waals surface area contributed by atoms with Crippen molar-refractivity contribution in [3.63, 3.8) is 0 Å². The van der Waals surface area contributed by atoms with E-state index in [1.807, 2.05) is 43.3 Å². The number of phenols is 1. The smallest absolute Gasteiger partial charge is 0.262 e. The second-order valence-electron chi connectivity index (χ2n) is 5.46. The minimum absolute atomic E-state index is 0.0286. The first-order valence-electron chi connectivity index (χ1n) is 7.44. The highest BCUT2D eigenvalue weighted by molar-refractivity contribution is 9.10. The molecule has 0 radical (unpaired) electrons. The maximum absolute atomic E-state index is 12.1. The lowest BCUT2D eigenvalue weighted by atomic mass is 10.1. The van der Waals surface area contributed by atoms with Gasteiger partial charge in [0.05, 0.1) is 10.2 Å². The van der Waals surface area contributed by atoms with Gasteiger partial charge < -0.3 is 15.2 Å². The van der Waals surface area contributed by atoms with Crippen molar-refractivity contribution < 1.29 is 14.6 Å². The number of ether oxygens (including phenoxy) is 1. The summed E-state index contributed by atoms with van der Waals surface area (Å²) in [5, 5.41) is 14.5. The van der Waals surface area contributed by atoms with Crippen molar-refractivity contribution in [3.8, 4) is 11.5 Å². The number of hydrogen-bond acceptors (Lipinski definition) is 3. The van der Waals surface area contributed by atoms with Gasteiger partial charge in [0.2, 0.25) is 0 Å². The van der Waals surface area contributed by atoms with Gasteiger partial charge in [0.15, 0.2) is 6.61 Å². The SMILES string of the molecule is Cc1ccc(O)c(NC(=O)COc2ccc3ccccc3c2Br)c1. The minimum atomic E-state index is -0.337. The molecule has 3 rings (SSSR count). The maximum atomic E-state index is 12.1. The van der Waals surface area contributed by atoms with Gasteiger partial charge in [-0.1, -0.05) is 36.4 Å². The van der Waals surface area contributed by atoms with Gasteiger partial charge in [-0.2, -0.15) is 0 Å². The first kappa shape index (κ1) is 16.3. The number of carbonyl (C=O) groups is 1. The molecule has 0 unspecified atom stereocenters. The molecule has 24 heavy (non-hydrogen) atoms. The fourth-order valence-corrected chi connectivity index (χ4v) is 3.01. The molecular weight excluding hydrogens is 370 g/mol. The van der Waals surface area contributed by atoms with Crippen molar-refractivity contribution in [1.29, 1.82) is 0 Å². The number of nitrogens with one attached hydrogen (secondary N) is 1. The van der Waals surface area contributed by atoms with E-state index in [-0.39, 0.29) is 18.3 Å². The summed E-state index contributed by atoms with van der Waals surface area (Å²) in [6, 6.07) is 16.7. The summed E-state index contributed by atoms with van der Waals surface area (Å²) in [7, 11) is 0. The zero-order valence-electron chi connectivity index (χ0n) is 13.0. The maximum Gasteiger partial charge on any atom is 0.262 e. The molecule has 0 aromatic heterocycles. The lowest BCUT2D eigenvalue weighted by Crippen LogP contribution is -2.20. The van der Waals surface area contributed by atoms with E-state index in [4.69, 9.17) is 4.74 Å². The molecule has 0 fully saturated rings. The predicted molar refractivity (Wildman–Crippen MR) is 98.6 cm³/mol. The average Bonchev–Trinajstić information content (AvgIpc) is 2.58. The predicted octanol–water partition coefficient (Wildman–Crippen LogP) is 4.63. The highest BCUT2D eigenvalue weighted by atomic mass is 79.9. The number of amides is 1. The van der Waals surface area contributed by atoms with Crippen molar-refractivity contribution >= 4 is 38.3 Å². The molecule has 0 aliphatic heterocycles. The molecule has 0 aliphatic carbocycles. The number of hydrogen-bond donors (Lipinski definition) is 2. The van der Waals surface area contributed by atoms with Crippen LogP contribution < -0.4 is 10.1 Å². The molecular formula is C19H16BrNO3. The van der Waals surface area contributed by atoms with E-state index in [1.54, 1.807) is 18.2 Å². The molecule has 3 aromatic rings. The summed E-state index contributed by atoms with van der Waals surface area (Å²) in [6.45, 7) is 1.74. The van der Waals surface area contributed by atoms with E-state index in [9.17, 15) is 9.90 Å². The highest BCUT2D eigenvalue weighted by Crippen LogP contribution is 2.33. The van der Waals surface area contributed by atoms with E-state index in [0.29, 0.717) is 11.4 Å². The van der Waals surface area contributed by atoms with Gasteiger partial charge in [0, 0.05) is 0 Å². The van der Waals surface area contributed by atoms with E-state index >= 15 is 0 Å². The molecule has 0 saturated carbocycles. The van der Waals surface area contributed by atoms with Gasteiger partial charge in [0.25, 0.3) is 5.91 Å². The van der Waals surface area contributed by atoms with Crippen molar-refractivity contribution in [2.45, 2.75) is 6.92 Å². The Balaban J connectivity index is 1.70. The van der Waals surface area contributed by atoms with Crippen LogP contribution in [0.2, 0.25) is 0 Å². The number of anilines is 1. The van der Waals surface area contributed by atoms with Gasteiger partial charge >= 0.3 is 0 Å². The van der Waals surface area contributed by atoms with Crippen LogP contribution in [0.1, 0.15) is 5.56 Å². The molecule has 0 atom stereocenters. The average molecular weight is 386 g/mol. The third-order valence-electron chi connectivity index (χ3n) is 3.61. The Morgan fingerprint density at radius 1 is 1.17 bits per heavy atom. The Morgan fingerprint density at radius 2 is 1.96 bits per heavy atom. The molecule has 5 heteroatoms. The number of aromatic hydroxyl groups is 1. The first-order chi connectivity index (χ1) is 11.5. The molecule has 2 N–H and O–H groups in total. The van der Waals surface area contributed by atoms with Crippen LogP contribution in [0, 0.1) is 6.92 Å². The zero-order valence-corrected chi connectivity index (χ0v) is 14.6. The molecule has 4 nitrogen and oxygen atoms in total. The summed E-state index contributed by atoms with van der Waals surface area (Å²) in [4.78, 5) is 12.1. The van der Waals surface area contributed by atoms with E-state index in [0.717, 1.165) is 20.8 Å². The van der Waals surface area contributed by atoms with Gasteiger partial charge in [-0.3, -0.25) is 4.79 Å². The summed E-state index contributed by atoms with van der Waals surface area (Å²) >= 11 is 3.52. The van der Waals surface area contributed by atoms with E-state index < -0.39 is 0 Å². The van der Waals surface area contributed by atoms with E-state index in [1.165, 1.54) is 0 Å². The number of benzene rings is 3. The van der Waals surface area contributed by atoms with Crippen molar-refractivity contribution in [1.82, 2.24) is 0 Å². The van der Waals surface area contributed by atoms with Crippen LogP contribution in [0.5, 0.6) is 11.5 Å². The van der Waals surface area contributed by atoms with Crippen LogP contribution in [-0.4, -0.2) is 17.6 Å². The van der Waals surface area contributed by atoms with Crippen LogP contribution in [0.3, 0.4) is 0 Å². The van der Waals surface area contributed by atoms with Gasteiger partial charge in [-0.25, -0.2) is 0 Å². The Kier molecular flexibility index (Phi) is 4.71. The number of halogens is 1. The molecule has 0 spiro atoms. The number of aryl methyl sites for hydroxylation is 1. The molecule has 1 amide bonds. The lowest BCUT2D eigenvalue weighted by Gasteiger charge is -2.11. The first-order valence-corrected chi connectivity index (χ1v) is 8.23. The molecule has 0 heterocycles. The van der Waals surface area contributed by atoms with Crippen LogP contribution in [0.4, 0.5) is 5.69 Å². The van der Waals surface area contributed by atoms with Crippen molar-refractivity contribution in [3.05, 3.63) is 64.6 Å². The van der Waals surface area contributed by atoms with Crippen molar-refractivity contribution in [2.75, 3.05) is 11.9 Å². The monoisotopic (exact) mass is 385 g/mol. The number of carbonyl (C=O) groups excluding carboxylic acids is 1. The fraction of sp³-hybridized carbons (Fsp3) is 0.105. The highest BCUT2D eigenvalue weighted by Gasteiger charge is 2.10. The standard InChI is InChI=1S/C19H16BrNO3/c1-12-6-8-16(22)15(10-12)21-18(23)11-24-17-9-7-13-4-2-3-5-14(13)19(17)20/h2-10,22H,11H2,1H3,(H,21,23). The minimum Gasteiger partial charge on any atom is -0.506 e.